The molecule has 134 valence electrons. The number of piperazine rings is 1. The van der Waals surface area contributed by atoms with Crippen molar-refractivity contribution in [3.63, 3.8) is 0 Å². The first-order valence-corrected chi connectivity index (χ1v) is 9.30. The van der Waals surface area contributed by atoms with Gasteiger partial charge in [0, 0.05) is 44.5 Å². The predicted octanol–water partition coefficient (Wildman–Crippen LogP) is 3.94. The van der Waals surface area contributed by atoms with Crippen molar-refractivity contribution in [3.05, 3.63) is 84.1 Å². The number of benzene rings is 2. The summed E-state index contributed by atoms with van der Waals surface area (Å²) in [5, 5.41) is 9.64. The lowest BCUT2D eigenvalue weighted by Crippen LogP contribution is -2.46. The summed E-state index contributed by atoms with van der Waals surface area (Å²) in [6.45, 7) is 4.70. The molecule has 4 nitrogen and oxygen atoms in total. The fourth-order valence-corrected chi connectivity index (χ4v) is 3.54. The summed E-state index contributed by atoms with van der Waals surface area (Å²) in [5.74, 6) is 0.802. The van der Waals surface area contributed by atoms with Crippen LogP contribution in [0.1, 0.15) is 11.1 Å². The molecule has 0 unspecified atom stereocenters. The third-order valence-electron chi connectivity index (χ3n) is 5.02. The SMILES string of the molecule is N#Cc1cc(-c2ccccc2)cnc1N1CCN(Cc2ccccc2)CC1. The Labute approximate surface area is 160 Å². The Kier molecular flexibility index (Phi) is 5.13. The van der Waals surface area contributed by atoms with Crippen LogP contribution < -0.4 is 4.90 Å². The average Bonchev–Trinajstić information content (AvgIpc) is 2.75. The molecule has 1 aliphatic heterocycles. The summed E-state index contributed by atoms with van der Waals surface area (Å²) < 4.78 is 0. The average molecular weight is 354 g/mol. The second-order valence-corrected chi connectivity index (χ2v) is 6.82. The molecule has 27 heavy (non-hydrogen) atoms. The van der Waals surface area contributed by atoms with Gasteiger partial charge in [0.15, 0.2) is 0 Å². The zero-order chi connectivity index (χ0) is 18.5. The molecule has 0 bridgehead atoms. The van der Waals surface area contributed by atoms with Crippen molar-refractivity contribution < 1.29 is 0 Å². The van der Waals surface area contributed by atoms with Gasteiger partial charge in [-0.2, -0.15) is 5.26 Å². The van der Waals surface area contributed by atoms with Crippen LogP contribution in [-0.2, 0) is 6.54 Å². The summed E-state index contributed by atoms with van der Waals surface area (Å²) in [6.07, 6.45) is 1.88. The smallest absolute Gasteiger partial charge is 0.146 e. The Bertz CT molecular complexity index is 924. The lowest BCUT2D eigenvalue weighted by molar-refractivity contribution is 0.249. The van der Waals surface area contributed by atoms with Gasteiger partial charge >= 0.3 is 0 Å². The zero-order valence-electron chi connectivity index (χ0n) is 15.3. The molecular weight excluding hydrogens is 332 g/mol. The quantitative estimate of drug-likeness (QED) is 0.712. The minimum Gasteiger partial charge on any atom is -0.353 e. The molecule has 1 saturated heterocycles. The van der Waals surface area contributed by atoms with Crippen LogP contribution in [0.4, 0.5) is 5.82 Å². The second-order valence-electron chi connectivity index (χ2n) is 6.82. The van der Waals surface area contributed by atoms with Gasteiger partial charge in [-0.1, -0.05) is 60.7 Å². The van der Waals surface area contributed by atoms with Crippen molar-refractivity contribution in [2.75, 3.05) is 31.1 Å². The zero-order valence-corrected chi connectivity index (χ0v) is 15.3. The number of pyridine rings is 1. The molecule has 2 aromatic carbocycles. The predicted molar refractivity (Wildman–Crippen MR) is 108 cm³/mol. The van der Waals surface area contributed by atoms with E-state index in [1.54, 1.807) is 0 Å². The van der Waals surface area contributed by atoms with E-state index in [-0.39, 0.29) is 0 Å². The van der Waals surface area contributed by atoms with Crippen LogP contribution in [0.25, 0.3) is 11.1 Å². The summed E-state index contributed by atoms with van der Waals surface area (Å²) in [7, 11) is 0. The first kappa shape index (κ1) is 17.3. The van der Waals surface area contributed by atoms with E-state index in [4.69, 9.17) is 0 Å². The van der Waals surface area contributed by atoms with Crippen LogP contribution in [0.2, 0.25) is 0 Å². The van der Waals surface area contributed by atoms with Gasteiger partial charge in [-0.3, -0.25) is 4.90 Å². The highest BCUT2D eigenvalue weighted by Crippen LogP contribution is 2.25. The molecular formula is C23H22N4. The molecule has 0 radical (unpaired) electrons. The van der Waals surface area contributed by atoms with E-state index in [0.29, 0.717) is 5.56 Å². The number of nitriles is 1. The molecule has 0 aliphatic carbocycles. The van der Waals surface area contributed by atoms with E-state index >= 15 is 0 Å². The van der Waals surface area contributed by atoms with Gasteiger partial charge in [0.1, 0.15) is 11.9 Å². The molecule has 0 atom stereocenters. The number of anilines is 1. The topological polar surface area (TPSA) is 43.2 Å². The Morgan fingerprint density at radius 1 is 0.852 bits per heavy atom. The number of aromatic nitrogens is 1. The number of rotatable bonds is 4. The number of hydrogen-bond acceptors (Lipinski definition) is 4. The molecule has 1 fully saturated rings. The van der Waals surface area contributed by atoms with Crippen molar-refractivity contribution in [3.8, 4) is 17.2 Å². The largest absolute Gasteiger partial charge is 0.353 e. The van der Waals surface area contributed by atoms with E-state index in [1.165, 1.54) is 5.56 Å². The van der Waals surface area contributed by atoms with Crippen LogP contribution in [0.3, 0.4) is 0 Å². The van der Waals surface area contributed by atoms with E-state index in [9.17, 15) is 5.26 Å². The molecule has 4 rings (SSSR count). The standard InChI is InChI=1S/C23H22N4/c24-16-21-15-22(20-9-5-2-6-10-20)17-25-23(21)27-13-11-26(12-14-27)18-19-7-3-1-4-8-19/h1-10,15,17H,11-14,18H2. The Balaban J connectivity index is 1.46. The van der Waals surface area contributed by atoms with Crippen LogP contribution in [0, 0.1) is 11.3 Å². The maximum atomic E-state index is 9.64. The molecule has 0 saturated carbocycles. The minimum absolute atomic E-state index is 0.646. The normalized spacial score (nSPS) is 14.7. The van der Waals surface area contributed by atoms with Gasteiger partial charge in [0.2, 0.25) is 0 Å². The van der Waals surface area contributed by atoms with Crippen molar-refractivity contribution in [1.29, 1.82) is 5.26 Å². The van der Waals surface area contributed by atoms with Crippen molar-refractivity contribution in [1.82, 2.24) is 9.88 Å². The first-order chi connectivity index (χ1) is 13.3. The highest BCUT2D eigenvalue weighted by atomic mass is 15.3. The van der Waals surface area contributed by atoms with E-state index in [0.717, 1.165) is 49.7 Å². The fraction of sp³-hybridized carbons (Fsp3) is 0.217. The van der Waals surface area contributed by atoms with Crippen LogP contribution >= 0.6 is 0 Å². The Morgan fingerprint density at radius 2 is 1.52 bits per heavy atom. The monoisotopic (exact) mass is 354 g/mol. The molecule has 2 heterocycles. The molecule has 0 amide bonds. The van der Waals surface area contributed by atoms with Crippen LogP contribution in [-0.4, -0.2) is 36.1 Å². The number of nitrogens with zero attached hydrogens (tertiary/aromatic N) is 4. The van der Waals surface area contributed by atoms with Gasteiger partial charge in [0.25, 0.3) is 0 Å². The van der Waals surface area contributed by atoms with Gasteiger partial charge in [0.05, 0.1) is 5.56 Å². The second kappa shape index (κ2) is 8.03. The molecule has 4 heteroatoms. The third kappa shape index (κ3) is 3.99. The maximum absolute atomic E-state index is 9.64. The van der Waals surface area contributed by atoms with E-state index in [2.05, 4.69) is 51.2 Å². The summed E-state index contributed by atoms with van der Waals surface area (Å²) in [6, 6.07) is 24.9. The summed E-state index contributed by atoms with van der Waals surface area (Å²) in [5.41, 5.74) is 4.06. The van der Waals surface area contributed by atoms with Crippen molar-refractivity contribution in [2.24, 2.45) is 0 Å². The summed E-state index contributed by atoms with van der Waals surface area (Å²) in [4.78, 5) is 9.33. The molecule has 1 aliphatic rings. The fourth-order valence-electron chi connectivity index (χ4n) is 3.54. The molecule has 1 aromatic heterocycles. The van der Waals surface area contributed by atoms with Gasteiger partial charge in [-0.15, -0.1) is 0 Å². The Hall–Kier alpha value is -3.16. The van der Waals surface area contributed by atoms with Gasteiger partial charge in [-0.05, 0) is 17.2 Å². The highest BCUT2D eigenvalue weighted by molar-refractivity contribution is 5.68. The maximum Gasteiger partial charge on any atom is 0.146 e. The molecule has 3 aromatic rings. The third-order valence-corrected chi connectivity index (χ3v) is 5.02. The van der Waals surface area contributed by atoms with Gasteiger partial charge in [-0.25, -0.2) is 4.98 Å². The van der Waals surface area contributed by atoms with Crippen LogP contribution in [0.5, 0.6) is 0 Å². The first-order valence-electron chi connectivity index (χ1n) is 9.30. The van der Waals surface area contributed by atoms with E-state index in [1.807, 2.05) is 42.6 Å². The highest BCUT2D eigenvalue weighted by Gasteiger charge is 2.20. The van der Waals surface area contributed by atoms with Gasteiger partial charge < -0.3 is 4.90 Å². The van der Waals surface area contributed by atoms with Crippen molar-refractivity contribution in [2.45, 2.75) is 6.54 Å². The Morgan fingerprint density at radius 3 is 2.19 bits per heavy atom. The molecule has 0 N–H and O–H groups in total. The molecule has 0 spiro atoms. The van der Waals surface area contributed by atoms with Crippen LogP contribution in [0.15, 0.2) is 72.9 Å². The number of hydrogen-bond donors (Lipinski definition) is 0. The van der Waals surface area contributed by atoms with Crippen molar-refractivity contribution >= 4 is 5.82 Å². The lowest BCUT2D eigenvalue weighted by Gasteiger charge is -2.35. The summed E-state index contributed by atoms with van der Waals surface area (Å²) >= 11 is 0. The van der Waals surface area contributed by atoms with E-state index < -0.39 is 0 Å². The minimum atomic E-state index is 0.646. The lowest BCUT2D eigenvalue weighted by atomic mass is 10.1.